The second-order valence-electron chi connectivity index (χ2n) is 11.7. The minimum absolute atomic E-state index is 0.146. The van der Waals surface area contributed by atoms with Crippen LogP contribution in [0.25, 0.3) is 0 Å². The normalized spacial score (nSPS) is 20.9. The summed E-state index contributed by atoms with van der Waals surface area (Å²) in [6.45, 7) is 1.29. The predicted octanol–water partition coefficient (Wildman–Crippen LogP) is 7.81. The standard InChI is InChI=1S/C40H40O7S2/c41-49(42,35-24-14-5-15-25-35)48-40-39(46-29-34-22-12-4-13-23-34)38(45-28-33-20-10-3-11-21-33)37(44-27-32-18-8-2-9-19-32)36(47-40)30-43-26-31-16-6-1-7-17-31/h1-25,36-40H,26-30H2. The summed E-state index contributed by atoms with van der Waals surface area (Å²) < 4.78 is 60.6. The average Bonchev–Trinajstić information content (AvgIpc) is 3.15. The molecule has 7 nitrogen and oxygen atoms in total. The molecule has 5 atom stereocenters. The fourth-order valence-electron chi connectivity index (χ4n) is 5.59. The highest BCUT2D eigenvalue weighted by atomic mass is 33.1. The van der Waals surface area contributed by atoms with E-state index in [1.54, 1.807) is 30.3 Å². The van der Waals surface area contributed by atoms with Crippen LogP contribution in [0.3, 0.4) is 0 Å². The maximum absolute atomic E-state index is 13.8. The van der Waals surface area contributed by atoms with Crippen LogP contribution in [-0.4, -0.2) is 44.9 Å². The maximum Gasteiger partial charge on any atom is 0.232 e. The zero-order valence-electron chi connectivity index (χ0n) is 27.0. The van der Waals surface area contributed by atoms with Crippen molar-refractivity contribution in [3.63, 3.8) is 0 Å². The van der Waals surface area contributed by atoms with E-state index in [0.717, 1.165) is 33.0 Å². The Hall–Kier alpha value is -3.80. The third-order valence-corrected chi connectivity index (χ3v) is 11.7. The Labute approximate surface area is 292 Å². The van der Waals surface area contributed by atoms with Gasteiger partial charge >= 0.3 is 0 Å². The molecule has 6 rings (SSSR count). The van der Waals surface area contributed by atoms with E-state index in [-0.39, 0.29) is 24.7 Å². The van der Waals surface area contributed by atoms with E-state index in [1.807, 2.05) is 121 Å². The average molecular weight is 697 g/mol. The molecule has 0 aromatic heterocycles. The van der Waals surface area contributed by atoms with Gasteiger partial charge in [-0.25, -0.2) is 8.42 Å². The van der Waals surface area contributed by atoms with E-state index in [9.17, 15) is 8.42 Å². The van der Waals surface area contributed by atoms with Crippen LogP contribution in [0.4, 0.5) is 0 Å². The summed E-state index contributed by atoms with van der Waals surface area (Å²) in [4.78, 5) is 0.187. The van der Waals surface area contributed by atoms with Crippen LogP contribution in [0.5, 0.6) is 0 Å². The number of hydrogen-bond donors (Lipinski definition) is 0. The van der Waals surface area contributed by atoms with Crippen LogP contribution < -0.4 is 0 Å². The van der Waals surface area contributed by atoms with Crippen LogP contribution in [0.2, 0.25) is 0 Å². The molecule has 5 aromatic carbocycles. The smallest absolute Gasteiger partial charge is 0.232 e. The number of ether oxygens (including phenoxy) is 5. The monoisotopic (exact) mass is 696 g/mol. The Kier molecular flexibility index (Phi) is 12.7. The van der Waals surface area contributed by atoms with Crippen molar-refractivity contribution in [3.05, 3.63) is 174 Å². The summed E-state index contributed by atoms with van der Waals surface area (Å²) >= 11 is 0. The Morgan fingerprint density at radius 3 is 1.35 bits per heavy atom. The molecule has 1 aliphatic rings. The summed E-state index contributed by atoms with van der Waals surface area (Å²) in [6.07, 6.45) is -2.86. The van der Waals surface area contributed by atoms with Gasteiger partial charge in [-0.05, 0) is 34.4 Å². The maximum atomic E-state index is 13.8. The van der Waals surface area contributed by atoms with Gasteiger partial charge in [-0.2, -0.15) is 0 Å². The van der Waals surface area contributed by atoms with Crippen LogP contribution in [0, 0.1) is 0 Å². The molecular formula is C40H40O7S2. The van der Waals surface area contributed by atoms with Crippen molar-refractivity contribution in [2.45, 2.75) is 61.2 Å². The van der Waals surface area contributed by atoms with Crippen molar-refractivity contribution in [1.29, 1.82) is 0 Å². The van der Waals surface area contributed by atoms with Crippen LogP contribution in [0.1, 0.15) is 22.3 Å². The number of hydrogen-bond acceptors (Lipinski definition) is 8. The molecule has 1 aliphatic heterocycles. The first kappa shape index (κ1) is 35.0. The molecule has 0 bridgehead atoms. The van der Waals surface area contributed by atoms with Crippen molar-refractivity contribution < 1.29 is 32.1 Å². The Morgan fingerprint density at radius 2 is 0.878 bits per heavy atom. The van der Waals surface area contributed by atoms with Gasteiger partial charge in [0, 0.05) is 10.8 Å². The first-order valence-electron chi connectivity index (χ1n) is 16.3. The zero-order chi connectivity index (χ0) is 33.7. The molecule has 0 N–H and O–H groups in total. The lowest BCUT2D eigenvalue weighted by Gasteiger charge is -2.45. The molecular weight excluding hydrogens is 657 g/mol. The molecule has 1 saturated heterocycles. The minimum atomic E-state index is -3.85. The van der Waals surface area contributed by atoms with Crippen molar-refractivity contribution in [2.75, 3.05) is 6.61 Å². The van der Waals surface area contributed by atoms with Gasteiger partial charge in [0.05, 0.1) is 37.9 Å². The van der Waals surface area contributed by atoms with Gasteiger partial charge in [0.25, 0.3) is 0 Å². The third kappa shape index (κ3) is 10.1. The topological polar surface area (TPSA) is 80.3 Å². The highest BCUT2D eigenvalue weighted by Gasteiger charge is 2.50. The summed E-state index contributed by atoms with van der Waals surface area (Å²) in [7, 11) is -3.12. The van der Waals surface area contributed by atoms with Gasteiger partial charge < -0.3 is 23.7 Å². The first-order chi connectivity index (χ1) is 24.0. The highest BCUT2D eigenvalue weighted by Crippen LogP contribution is 2.39. The third-order valence-electron chi connectivity index (χ3n) is 8.09. The molecule has 0 aliphatic carbocycles. The molecule has 0 saturated carbocycles. The molecule has 5 aromatic rings. The molecule has 5 unspecified atom stereocenters. The Bertz CT molecular complexity index is 1780. The van der Waals surface area contributed by atoms with Gasteiger partial charge in [-0.15, -0.1) is 0 Å². The van der Waals surface area contributed by atoms with Gasteiger partial charge in [0.1, 0.15) is 29.9 Å². The SMILES string of the molecule is O=S(=O)(SC1OC(COCc2ccccc2)C(OCc2ccccc2)C(OCc2ccccc2)C1OCc1ccccc1)c1ccccc1. The van der Waals surface area contributed by atoms with E-state index in [1.165, 1.54) is 0 Å². The predicted molar refractivity (Wildman–Crippen MR) is 191 cm³/mol. The molecule has 1 heterocycles. The van der Waals surface area contributed by atoms with E-state index < -0.39 is 38.7 Å². The lowest BCUT2D eigenvalue weighted by molar-refractivity contribution is -0.254. The molecule has 254 valence electrons. The first-order valence-corrected chi connectivity index (χ1v) is 19.2. The quantitative estimate of drug-likeness (QED) is 0.0968. The summed E-state index contributed by atoms with van der Waals surface area (Å²) in [6, 6.07) is 47.7. The van der Waals surface area contributed by atoms with Crippen LogP contribution >= 0.6 is 10.8 Å². The summed E-state index contributed by atoms with van der Waals surface area (Å²) in [5.41, 5.74) is 2.94. The molecule has 0 radical (unpaired) electrons. The Morgan fingerprint density at radius 1 is 0.490 bits per heavy atom. The van der Waals surface area contributed by atoms with Crippen molar-refractivity contribution in [1.82, 2.24) is 0 Å². The minimum Gasteiger partial charge on any atom is -0.374 e. The molecule has 0 spiro atoms. The molecule has 0 amide bonds. The van der Waals surface area contributed by atoms with Gasteiger partial charge in [0.2, 0.25) is 8.87 Å². The van der Waals surface area contributed by atoms with Crippen molar-refractivity contribution in [2.24, 2.45) is 0 Å². The largest absolute Gasteiger partial charge is 0.374 e. The molecule has 9 heteroatoms. The number of benzene rings is 5. The van der Waals surface area contributed by atoms with Crippen LogP contribution in [-0.2, 0) is 59.0 Å². The van der Waals surface area contributed by atoms with E-state index >= 15 is 0 Å². The Balaban J connectivity index is 1.34. The summed E-state index contributed by atoms with van der Waals surface area (Å²) in [5, 5.41) is 0. The van der Waals surface area contributed by atoms with Gasteiger partial charge in [0.15, 0.2) is 0 Å². The highest BCUT2D eigenvalue weighted by molar-refractivity contribution is 8.72. The zero-order valence-corrected chi connectivity index (χ0v) is 28.7. The fourth-order valence-corrected chi connectivity index (χ4v) is 8.85. The lowest BCUT2D eigenvalue weighted by atomic mass is 9.98. The van der Waals surface area contributed by atoms with E-state index in [4.69, 9.17) is 23.7 Å². The lowest BCUT2D eigenvalue weighted by Crippen LogP contribution is -2.60. The van der Waals surface area contributed by atoms with E-state index in [2.05, 4.69) is 0 Å². The van der Waals surface area contributed by atoms with Gasteiger partial charge in [-0.3, -0.25) is 0 Å². The van der Waals surface area contributed by atoms with Crippen molar-refractivity contribution >= 4 is 19.7 Å². The second-order valence-corrected chi connectivity index (χ2v) is 15.6. The fraction of sp³-hybridized carbons (Fsp3) is 0.250. The van der Waals surface area contributed by atoms with Gasteiger partial charge in [-0.1, -0.05) is 140 Å². The molecule has 49 heavy (non-hydrogen) atoms. The second kappa shape index (κ2) is 17.7. The van der Waals surface area contributed by atoms with Crippen LogP contribution in [0.15, 0.2) is 157 Å². The molecule has 1 fully saturated rings. The van der Waals surface area contributed by atoms with Crippen molar-refractivity contribution in [3.8, 4) is 0 Å². The number of rotatable bonds is 16. The summed E-state index contributed by atoms with van der Waals surface area (Å²) in [5.74, 6) is 0. The van der Waals surface area contributed by atoms with E-state index in [0.29, 0.717) is 13.2 Å².